The molecule has 2 aromatic rings. The van der Waals surface area contributed by atoms with Crippen molar-refractivity contribution in [1.82, 2.24) is 0 Å². The highest BCUT2D eigenvalue weighted by Gasteiger charge is 2.08. The van der Waals surface area contributed by atoms with Crippen molar-refractivity contribution in [3.05, 3.63) is 78.4 Å². The fraction of sp³-hybridized carbons (Fsp3) is 0.0625. The molecule has 2 heteroatoms. The summed E-state index contributed by atoms with van der Waals surface area (Å²) in [5, 5.41) is 0. The molecule has 2 nitrogen and oxygen atoms in total. The van der Waals surface area contributed by atoms with E-state index >= 15 is 0 Å². The van der Waals surface area contributed by atoms with E-state index in [2.05, 4.69) is 6.58 Å². The maximum atomic E-state index is 10.7. The van der Waals surface area contributed by atoms with Crippen molar-refractivity contribution in [3.63, 3.8) is 0 Å². The molecule has 0 amide bonds. The number of benzene rings is 2. The number of hydrogen-bond donors (Lipinski definition) is 0. The second-order valence-corrected chi connectivity index (χ2v) is 3.88. The van der Waals surface area contributed by atoms with Gasteiger partial charge in [0.2, 0.25) is 0 Å². The average molecular weight is 238 g/mol. The Morgan fingerprint density at radius 2 is 1.83 bits per heavy atom. The number of hydrogen-bond acceptors (Lipinski definition) is 2. The fourth-order valence-electron chi connectivity index (χ4n) is 1.70. The van der Waals surface area contributed by atoms with E-state index in [0.717, 1.165) is 11.8 Å². The van der Waals surface area contributed by atoms with Crippen LogP contribution >= 0.6 is 0 Å². The second-order valence-electron chi connectivity index (χ2n) is 3.88. The minimum atomic E-state index is -0.215. The third-order valence-corrected chi connectivity index (χ3v) is 2.60. The molecule has 0 aliphatic carbocycles. The first kappa shape index (κ1) is 12.1. The SMILES string of the molecule is C=C[C@@H](Oc1cccc(C=O)c1)c1ccccc1. The lowest BCUT2D eigenvalue weighted by atomic mass is 10.1. The van der Waals surface area contributed by atoms with Crippen LogP contribution in [-0.4, -0.2) is 6.29 Å². The number of ether oxygens (including phenoxy) is 1. The van der Waals surface area contributed by atoms with Crippen LogP contribution in [0.1, 0.15) is 22.0 Å². The normalized spacial score (nSPS) is 11.6. The highest BCUT2D eigenvalue weighted by Crippen LogP contribution is 2.23. The van der Waals surface area contributed by atoms with Gasteiger partial charge in [-0.15, -0.1) is 0 Å². The first-order valence-corrected chi connectivity index (χ1v) is 5.73. The predicted molar refractivity (Wildman–Crippen MR) is 71.8 cm³/mol. The van der Waals surface area contributed by atoms with Gasteiger partial charge < -0.3 is 4.74 Å². The van der Waals surface area contributed by atoms with Gasteiger partial charge in [-0.2, -0.15) is 0 Å². The summed E-state index contributed by atoms with van der Waals surface area (Å²) in [4.78, 5) is 10.7. The first-order chi connectivity index (χ1) is 8.83. The molecule has 90 valence electrons. The van der Waals surface area contributed by atoms with Crippen LogP contribution in [0.4, 0.5) is 0 Å². The van der Waals surface area contributed by atoms with Gasteiger partial charge in [-0.1, -0.05) is 49.0 Å². The molecule has 0 bridgehead atoms. The van der Waals surface area contributed by atoms with Gasteiger partial charge in [0.05, 0.1) is 0 Å². The summed E-state index contributed by atoms with van der Waals surface area (Å²) in [5.41, 5.74) is 1.63. The van der Waals surface area contributed by atoms with Crippen LogP contribution in [0.2, 0.25) is 0 Å². The Morgan fingerprint density at radius 3 is 2.50 bits per heavy atom. The molecule has 0 saturated heterocycles. The van der Waals surface area contributed by atoms with Crippen LogP contribution in [0.25, 0.3) is 0 Å². The molecule has 0 unspecified atom stereocenters. The van der Waals surface area contributed by atoms with Crippen molar-refractivity contribution in [2.24, 2.45) is 0 Å². The number of carbonyl (C=O) groups is 1. The van der Waals surface area contributed by atoms with Crippen LogP contribution in [-0.2, 0) is 0 Å². The predicted octanol–water partition coefficient (Wildman–Crippen LogP) is 3.81. The summed E-state index contributed by atoms with van der Waals surface area (Å²) < 4.78 is 5.82. The van der Waals surface area contributed by atoms with Crippen molar-refractivity contribution in [2.75, 3.05) is 0 Å². The van der Waals surface area contributed by atoms with Crippen molar-refractivity contribution < 1.29 is 9.53 Å². The Balaban J connectivity index is 2.20. The van der Waals surface area contributed by atoms with Crippen molar-refractivity contribution in [2.45, 2.75) is 6.10 Å². The van der Waals surface area contributed by atoms with Gasteiger partial charge in [-0.3, -0.25) is 4.79 Å². The molecule has 0 radical (unpaired) electrons. The summed E-state index contributed by atoms with van der Waals surface area (Å²) in [5.74, 6) is 0.661. The minimum absolute atomic E-state index is 0.215. The van der Waals surface area contributed by atoms with Gasteiger partial charge in [0.1, 0.15) is 18.1 Å². The molecule has 2 aromatic carbocycles. The molecule has 1 atom stereocenters. The lowest BCUT2D eigenvalue weighted by molar-refractivity contribution is 0.112. The van der Waals surface area contributed by atoms with E-state index in [-0.39, 0.29) is 6.10 Å². The van der Waals surface area contributed by atoms with Crippen LogP contribution in [0.5, 0.6) is 5.75 Å². The topological polar surface area (TPSA) is 26.3 Å². The Morgan fingerprint density at radius 1 is 1.06 bits per heavy atom. The summed E-state index contributed by atoms with van der Waals surface area (Å²) in [6.45, 7) is 3.78. The lowest BCUT2D eigenvalue weighted by Gasteiger charge is -2.16. The molecule has 18 heavy (non-hydrogen) atoms. The van der Waals surface area contributed by atoms with E-state index in [0.29, 0.717) is 11.3 Å². The average Bonchev–Trinajstić information content (AvgIpc) is 2.46. The molecule has 0 heterocycles. The second kappa shape index (κ2) is 5.82. The summed E-state index contributed by atoms with van der Waals surface area (Å²) in [6.07, 6.45) is 2.33. The largest absolute Gasteiger partial charge is 0.482 e. The summed E-state index contributed by atoms with van der Waals surface area (Å²) in [6, 6.07) is 16.9. The monoisotopic (exact) mass is 238 g/mol. The molecule has 2 rings (SSSR count). The van der Waals surface area contributed by atoms with Gasteiger partial charge in [0.25, 0.3) is 0 Å². The lowest BCUT2D eigenvalue weighted by Crippen LogP contribution is -2.04. The van der Waals surface area contributed by atoms with E-state index in [9.17, 15) is 4.79 Å². The Bertz CT molecular complexity index is 532. The molecular weight excluding hydrogens is 224 g/mol. The number of rotatable bonds is 5. The van der Waals surface area contributed by atoms with Gasteiger partial charge in [-0.05, 0) is 23.8 Å². The Labute approximate surface area is 107 Å². The van der Waals surface area contributed by atoms with Crippen molar-refractivity contribution in [3.8, 4) is 5.75 Å². The minimum Gasteiger partial charge on any atom is -0.482 e. The van der Waals surface area contributed by atoms with E-state index in [1.807, 2.05) is 36.4 Å². The third kappa shape index (κ3) is 2.86. The molecule has 0 aliphatic heterocycles. The highest BCUT2D eigenvalue weighted by atomic mass is 16.5. The fourth-order valence-corrected chi connectivity index (χ4v) is 1.70. The highest BCUT2D eigenvalue weighted by molar-refractivity contribution is 5.75. The Hall–Kier alpha value is -2.35. The zero-order valence-corrected chi connectivity index (χ0v) is 9.95. The molecule has 0 aliphatic rings. The quantitative estimate of drug-likeness (QED) is 0.585. The van der Waals surface area contributed by atoms with E-state index in [1.54, 1.807) is 24.3 Å². The van der Waals surface area contributed by atoms with Gasteiger partial charge in [0.15, 0.2) is 0 Å². The standard InChI is InChI=1S/C16H14O2/c1-2-16(14-8-4-3-5-9-14)18-15-10-6-7-13(11-15)12-17/h2-12,16H,1H2/t16-/m1/s1. The van der Waals surface area contributed by atoms with E-state index in [4.69, 9.17) is 4.74 Å². The molecular formula is C16H14O2. The van der Waals surface area contributed by atoms with Crippen molar-refractivity contribution >= 4 is 6.29 Å². The summed E-state index contributed by atoms with van der Waals surface area (Å²) in [7, 11) is 0. The third-order valence-electron chi connectivity index (χ3n) is 2.60. The van der Waals surface area contributed by atoms with E-state index in [1.165, 1.54) is 0 Å². The molecule has 0 aromatic heterocycles. The van der Waals surface area contributed by atoms with Gasteiger partial charge in [0, 0.05) is 5.56 Å². The van der Waals surface area contributed by atoms with Crippen LogP contribution in [0.15, 0.2) is 67.3 Å². The Kier molecular flexibility index (Phi) is 3.92. The van der Waals surface area contributed by atoms with Crippen molar-refractivity contribution in [1.29, 1.82) is 0 Å². The van der Waals surface area contributed by atoms with Gasteiger partial charge >= 0.3 is 0 Å². The zero-order chi connectivity index (χ0) is 12.8. The maximum Gasteiger partial charge on any atom is 0.150 e. The van der Waals surface area contributed by atoms with Crippen LogP contribution in [0.3, 0.4) is 0 Å². The molecule has 0 spiro atoms. The number of carbonyl (C=O) groups excluding carboxylic acids is 1. The summed E-state index contributed by atoms with van der Waals surface area (Å²) >= 11 is 0. The maximum absolute atomic E-state index is 10.7. The smallest absolute Gasteiger partial charge is 0.150 e. The van der Waals surface area contributed by atoms with Gasteiger partial charge in [-0.25, -0.2) is 0 Å². The molecule has 0 N–H and O–H groups in total. The van der Waals surface area contributed by atoms with E-state index < -0.39 is 0 Å². The molecule has 0 saturated carbocycles. The first-order valence-electron chi connectivity index (χ1n) is 5.73. The van der Waals surface area contributed by atoms with Crippen LogP contribution < -0.4 is 4.74 Å². The molecule has 0 fully saturated rings. The van der Waals surface area contributed by atoms with Crippen LogP contribution in [0, 0.1) is 0 Å². The zero-order valence-electron chi connectivity index (χ0n) is 9.95. The number of aldehydes is 1.